The third kappa shape index (κ3) is 5.82. The number of hydrogen-bond acceptors (Lipinski definition) is 6. The van der Waals surface area contributed by atoms with E-state index in [1.807, 2.05) is 6.92 Å². The van der Waals surface area contributed by atoms with Crippen LogP contribution in [-0.4, -0.2) is 23.4 Å². The van der Waals surface area contributed by atoms with Gasteiger partial charge in [0.1, 0.15) is 12.0 Å². The molecule has 1 aromatic heterocycles. The van der Waals surface area contributed by atoms with E-state index >= 15 is 0 Å². The summed E-state index contributed by atoms with van der Waals surface area (Å²) in [6, 6.07) is 21.7. The number of hydrogen-bond donors (Lipinski definition) is 1. The van der Waals surface area contributed by atoms with Gasteiger partial charge in [-0.2, -0.15) is 5.10 Å². The van der Waals surface area contributed by atoms with Crippen LogP contribution in [0.4, 0.5) is 5.69 Å². The molecule has 8 nitrogen and oxygen atoms in total. The van der Waals surface area contributed by atoms with E-state index in [9.17, 15) is 19.2 Å². The number of halogens is 1. The molecule has 0 saturated heterocycles. The van der Waals surface area contributed by atoms with Crippen molar-refractivity contribution < 1.29 is 18.8 Å². The number of rotatable bonds is 6. The summed E-state index contributed by atoms with van der Waals surface area (Å²) >= 11 is 6.19. The van der Waals surface area contributed by atoms with Gasteiger partial charge in [0.25, 0.3) is 5.91 Å². The standard InChI is InChI=1S/C28H22ClN3O5/c1-17-11-13-20(14-12-17)32(27(35)21-8-4-5-9-23(21)29)26(34)16-25(33)31-30-18(2)22-15-19-7-3-6-10-24(19)37-28(22)36/h3-15H,16H2,1-2H3,(H,31,33). The van der Waals surface area contributed by atoms with Crippen molar-refractivity contribution in [2.24, 2.45) is 5.10 Å². The van der Waals surface area contributed by atoms with Gasteiger partial charge in [0.05, 0.1) is 27.5 Å². The normalized spacial score (nSPS) is 11.3. The zero-order chi connectivity index (χ0) is 26.5. The van der Waals surface area contributed by atoms with Gasteiger partial charge in [-0.15, -0.1) is 0 Å². The maximum absolute atomic E-state index is 13.3. The van der Waals surface area contributed by atoms with Crippen LogP contribution in [0.2, 0.25) is 5.02 Å². The topological polar surface area (TPSA) is 109 Å². The van der Waals surface area contributed by atoms with E-state index in [0.29, 0.717) is 16.7 Å². The predicted octanol–water partition coefficient (Wildman–Crippen LogP) is 4.86. The molecule has 3 amide bonds. The predicted molar refractivity (Wildman–Crippen MR) is 142 cm³/mol. The first-order valence-electron chi connectivity index (χ1n) is 11.3. The minimum absolute atomic E-state index is 0.121. The van der Waals surface area contributed by atoms with Crippen LogP contribution in [-0.2, 0) is 9.59 Å². The molecule has 3 aromatic carbocycles. The first-order chi connectivity index (χ1) is 17.7. The largest absolute Gasteiger partial charge is 0.422 e. The average Bonchev–Trinajstić information content (AvgIpc) is 2.88. The second-order valence-electron chi connectivity index (χ2n) is 8.24. The van der Waals surface area contributed by atoms with Gasteiger partial charge in [-0.05, 0) is 50.2 Å². The number of para-hydroxylation sites is 1. The molecule has 0 unspecified atom stereocenters. The van der Waals surface area contributed by atoms with Gasteiger partial charge in [-0.1, -0.05) is 59.6 Å². The Bertz CT molecular complexity index is 1590. The zero-order valence-corrected chi connectivity index (χ0v) is 20.8. The van der Waals surface area contributed by atoms with Gasteiger partial charge in [0, 0.05) is 5.39 Å². The number of benzene rings is 3. The molecule has 186 valence electrons. The van der Waals surface area contributed by atoms with Crippen molar-refractivity contribution in [1.29, 1.82) is 0 Å². The third-order valence-corrected chi connectivity index (χ3v) is 5.87. The van der Waals surface area contributed by atoms with Crippen molar-refractivity contribution >= 4 is 51.7 Å². The molecule has 1 N–H and O–H groups in total. The number of anilines is 1. The molecule has 0 spiro atoms. The smallest absolute Gasteiger partial charge is 0.345 e. The maximum Gasteiger partial charge on any atom is 0.345 e. The molecule has 0 radical (unpaired) electrons. The monoisotopic (exact) mass is 515 g/mol. The Morgan fingerprint density at radius 1 is 0.946 bits per heavy atom. The molecule has 9 heteroatoms. The van der Waals surface area contributed by atoms with Gasteiger partial charge in [-0.3, -0.25) is 14.4 Å². The molecular weight excluding hydrogens is 494 g/mol. The van der Waals surface area contributed by atoms with Crippen molar-refractivity contribution in [3.63, 3.8) is 0 Å². The molecule has 0 saturated carbocycles. The second-order valence-corrected chi connectivity index (χ2v) is 8.65. The second kappa shape index (κ2) is 11.0. The Hall–Kier alpha value is -4.56. The highest BCUT2D eigenvalue weighted by molar-refractivity contribution is 6.36. The quantitative estimate of drug-likeness (QED) is 0.171. The lowest BCUT2D eigenvalue weighted by atomic mass is 10.1. The fourth-order valence-electron chi connectivity index (χ4n) is 3.60. The first kappa shape index (κ1) is 25.5. The van der Waals surface area contributed by atoms with Crippen LogP contribution in [0.25, 0.3) is 11.0 Å². The molecule has 4 aromatic rings. The van der Waals surface area contributed by atoms with Crippen molar-refractivity contribution in [2.45, 2.75) is 20.3 Å². The van der Waals surface area contributed by atoms with Crippen LogP contribution >= 0.6 is 11.6 Å². The SMILES string of the molecule is CC(=NNC(=O)CC(=O)N(C(=O)c1ccccc1Cl)c1ccc(C)cc1)c1cc2ccccc2oc1=O. The molecule has 0 fully saturated rings. The molecule has 0 aliphatic heterocycles. The molecule has 37 heavy (non-hydrogen) atoms. The van der Waals surface area contributed by atoms with Crippen molar-refractivity contribution in [3.05, 3.63) is 111 Å². The number of nitrogens with zero attached hydrogens (tertiary/aromatic N) is 2. The molecule has 0 aliphatic carbocycles. The van der Waals surface area contributed by atoms with E-state index in [-0.39, 0.29) is 21.9 Å². The lowest BCUT2D eigenvalue weighted by molar-refractivity contribution is -0.127. The number of amides is 3. The summed E-state index contributed by atoms with van der Waals surface area (Å²) in [5.74, 6) is -2.20. The van der Waals surface area contributed by atoms with Crippen LogP contribution in [0.3, 0.4) is 0 Å². The van der Waals surface area contributed by atoms with Crippen LogP contribution < -0.4 is 16.0 Å². The Balaban J connectivity index is 1.54. The summed E-state index contributed by atoms with van der Waals surface area (Å²) in [6.45, 7) is 3.40. The number of carbonyl (C=O) groups excluding carboxylic acids is 3. The lowest BCUT2D eigenvalue weighted by Gasteiger charge is -2.21. The first-order valence-corrected chi connectivity index (χ1v) is 11.7. The average molecular weight is 516 g/mol. The van der Waals surface area contributed by atoms with E-state index in [0.717, 1.165) is 10.5 Å². The number of hydrazone groups is 1. The van der Waals surface area contributed by atoms with Gasteiger partial charge in [-0.25, -0.2) is 15.1 Å². The summed E-state index contributed by atoms with van der Waals surface area (Å²) in [5.41, 5.74) is 3.81. The molecular formula is C28H22ClN3O5. The molecule has 4 rings (SSSR count). The van der Waals surface area contributed by atoms with Crippen LogP contribution in [0.5, 0.6) is 0 Å². The third-order valence-electron chi connectivity index (χ3n) is 5.54. The fourth-order valence-corrected chi connectivity index (χ4v) is 3.82. The molecule has 0 aliphatic rings. The lowest BCUT2D eigenvalue weighted by Crippen LogP contribution is -2.39. The summed E-state index contributed by atoms with van der Waals surface area (Å²) in [7, 11) is 0. The van der Waals surface area contributed by atoms with Gasteiger partial charge >= 0.3 is 5.63 Å². The van der Waals surface area contributed by atoms with Crippen LogP contribution in [0.1, 0.15) is 34.8 Å². The maximum atomic E-state index is 13.3. The number of imide groups is 1. The highest BCUT2D eigenvalue weighted by atomic mass is 35.5. The number of carbonyl (C=O) groups is 3. The van der Waals surface area contributed by atoms with E-state index < -0.39 is 29.8 Å². The molecule has 0 atom stereocenters. The molecule has 0 bridgehead atoms. The number of nitrogens with one attached hydrogen (secondary N) is 1. The Morgan fingerprint density at radius 2 is 1.62 bits per heavy atom. The Labute approximate surface area is 217 Å². The number of aryl methyl sites for hydroxylation is 1. The highest BCUT2D eigenvalue weighted by Crippen LogP contribution is 2.23. The highest BCUT2D eigenvalue weighted by Gasteiger charge is 2.27. The zero-order valence-electron chi connectivity index (χ0n) is 20.0. The summed E-state index contributed by atoms with van der Waals surface area (Å²) < 4.78 is 5.29. The van der Waals surface area contributed by atoms with E-state index in [2.05, 4.69) is 10.5 Å². The minimum Gasteiger partial charge on any atom is -0.422 e. The van der Waals surface area contributed by atoms with Crippen LogP contribution in [0, 0.1) is 6.92 Å². The van der Waals surface area contributed by atoms with E-state index in [4.69, 9.17) is 16.0 Å². The number of fused-ring (bicyclic) bond motifs is 1. The van der Waals surface area contributed by atoms with Crippen LogP contribution in [0.15, 0.2) is 93.2 Å². The van der Waals surface area contributed by atoms with E-state index in [1.165, 1.54) is 13.0 Å². The van der Waals surface area contributed by atoms with Gasteiger partial charge in [0.2, 0.25) is 11.8 Å². The molecule has 1 heterocycles. The summed E-state index contributed by atoms with van der Waals surface area (Å²) in [5, 5.41) is 4.83. The Kier molecular flexibility index (Phi) is 7.60. The summed E-state index contributed by atoms with van der Waals surface area (Å²) in [6.07, 6.45) is -0.673. The van der Waals surface area contributed by atoms with E-state index in [1.54, 1.807) is 72.8 Å². The fraction of sp³-hybridized carbons (Fsp3) is 0.107. The van der Waals surface area contributed by atoms with Gasteiger partial charge in [0.15, 0.2) is 0 Å². The van der Waals surface area contributed by atoms with Crippen molar-refractivity contribution in [2.75, 3.05) is 4.90 Å². The summed E-state index contributed by atoms with van der Waals surface area (Å²) in [4.78, 5) is 52.3. The van der Waals surface area contributed by atoms with Crippen molar-refractivity contribution in [3.8, 4) is 0 Å². The Morgan fingerprint density at radius 3 is 2.35 bits per heavy atom. The minimum atomic E-state index is -0.774. The van der Waals surface area contributed by atoms with Crippen molar-refractivity contribution in [1.82, 2.24) is 5.43 Å². The van der Waals surface area contributed by atoms with Gasteiger partial charge < -0.3 is 4.42 Å².